The number of nitrogens with zero attached hydrogens (tertiary/aromatic N) is 3. The van der Waals surface area contributed by atoms with E-state index in [9.17, 15) is 0 Å². The molecule has 4 heteroatoms. The van der Waals surface area contributed by atoms with Gasteiger partial charge in [-0.1, -0.05) is 20.8 Å². The van der Waals surface area contributed by atoms with Gasteiger partial charge in [0.15, 0.2) is 0 Å². The smallest absolute Gasteiger partial charge is 0.206 e. The third kappa shape index (κ3) is 3.30. The first-order valence-corrected chi connectivity index (χ1v) is 7.63. The van der Waals surface area contributed by atoms with Crippen molar-refractivity contribution >= 4 is 5.95 Å². The molecule has 2 heterocycles. The van der Waals surface area contributed by atoms with Crippen LogP contribution in [0.3, 0.4) is 0 Å². The Hall–Kier alpha value is -1.03. The van der Waals surface area contributed by atoms with Gasteiger partial charge in [0.05, 0.1) is 5.69 Å². The molecule has 0 radical (unpaired) electrons. The summed E-state index contributed by atoms with van der Waals surface area (Å²) in [5.41, 5.74) is 1.21. The van der Waals surface area contributed by atoms with E-state index >= 15 is 0 Å². The second-order valence-corrected chi connectivity index (χ2v) is 5.98. The predicted molar refractivity (Wildman–Crippen MR) is 80.7 cm³/mol. The molecule has 1 fully saturated rings. The highest BCUT2D eigenvalue weighted by Gasteiger charge is 2.27. The molecule has 1 aliphatic heterocycles. The number of aryl methyl sites for hydroxylation is 1. The quantitative estimate of drug-likeness (QED) is 0.856. The Morgan fingerprint density at radius 1 is 1.47 bits per heavy atom. The van der Waals surface area contributed by atoms with Gasteiger partial charge in [-0.3, -0.25) is 0 Å². The molecule has 0 aliphatic carbocycles. The molecule has 0 spiro atoms. The van der Waals surface area contributed by atoms with E-state index in [1.807, 2.05) is 7.05 Å². The predicted octanol–water partition coefficient (Wildman–Crippen LogP) is 2.29. The Kier molecular flexibility index (Phi) is 4.86. The summed E-state index contributed by atoms with van der Waals surface area (Å²) >= 11 is 0. The molecule has 0 aromatic carbocycles. The van der Waals surface area contributed by atoms with Crippen molar-refractivity contribution in [2.45, 2.75) is 52.6 Å². The molecule has 2 rings (SSSR count). The number of anilines is 1. The lowest BCUT2D eigenvalue weighted by molar-refractivity contribution is 0.511. The number of aromatic nitrogens is 2. The van der Waals surface area contributed by atoms with E-state index in [2.05, 4.69) is 41.8 Å². The molecular formula is C15H28N4. The summed E-state index contributed by atoms with van der Waals surface area (Å²) in [4.78, 5) is 7.36. The number of hydrogen-bond acceptors (Lipinski definition) is 3. The topological polar surface area (TPSA) is 33.1 Å². The van der Waals surface area contributed by atoms with E-state index in [-0.39, 0.29) is 0 Å². The zero-order valence-electron chi connectivity index (χ0n) is 12.8. The number of nitrogens with one attached hydrogen (secondary N) is 1. The van der Waals surface area contributed by atoms with E-state index in [4.69, 9.17) is 4.98 Å². The molecule has 1 aromatic heterocycles. The minimum absolute atomic E-state index is 0.600. The summed E-state index contributed by atoms with van der Waals surface area (Å²) in [6.07, 6.45) is 5.81. The minimum atomic E-state index is 0.600. The van der Waals surface area contributed by atoms with E-state index in [1.165, 1.54) is 24.5 Å². The van der Waals surface area contributed by atoms with Gasteiger partial charge in [-0.25, -0.2) is 4.98 Å². The molecule has 1 N–H and O–H groups in total. The van der Waals surface area contributed by atoms with Crippen molar-refractivity contribution in [2.24, 2.45) is 5.92 Å². The van der Waals surface area contributed by atoms with Crippen molar-refractivity contribution < 1.29 is 0 Å². The Balaban J connectivity index is 2.23. The molecule has 0 bridgehead atoms. The molecule has 108 valence electrons. The molecule has 0 amide bonds. The first-order chi connectivity index (χ1) is 9.15. The number of hydrogen-bond donors (Lipinski definition) is 1. The Morgan fingerprint density at radius 3 is 2.89 bits per heavy atom. The van der Waals surface area contributed by atoms with Crippen LogP contribution in [0.15, 0.2) is 6.20 Å². The van der Waals surface area contributed by atoms with Gasteiger partial charge in [0.2, 0.25) is 5.95 Å². The maximum atomic E-state index is 4.86. The summed E-state index contributed by atoms with van der Waals surface area (Å²) in [5, 5.41) is 3.31. The Bertz CT molecular complexity index is 397. The highest BCUT2D eigenvalue weighted by atomic mass is 15.3. The van der Waals surface area contributed by atoms with Crippen LogP contribution < -0.4 is 10.2 Å². The molecule has 1 atom stereocenters. The average Bonchev–Trinajstić information content (AvgIpc) is 2.95. The van der Waals surface area contributed by atoms with Crippen LogP contribution in [0.4, 0.5) is 5.95 Å². The monoisotopic (exact) mass is 264 g/mol. The highest BCUT2D eigenvalue weighted by molar-refractivity contribution is 5.37. The van der Waals surface area contributed by atoms with Gasteiger partial charge in [-0.2, -0.15) is 0 Å². The van der Waals surface area contributed by atoms with Crippen LogP contribution in [0.25, 0.3) is 0 Å². The van der Waals surface area contributed by atoms with Crippen LogP contribution in [0.1, 0.15) is 39.3 Å². The van der Waals surface area contributed by atoms with Crippen LogP contribution in [0.5, 0.6) is 0 Å². The van der Waals surface area contributed by atoms with E-state index in [0.717, 1.165) is 26.1 Å². The SMILES string of the molecule is CCc1cn(CC(C)C)c(N2CCCC2CNC)n1. The Labute approximate surface area is 117 Å². The summed E-state index contributed by atoms with van der Waals surface area (Å²) < 4.78 is 2.36. The zero-order valence-corrected chi connectivity index (χ0v) is 12.8. The maximum absolute atomic E-state index is 4.86. The lowest BCUT2D eigenvalue weighted by Crippen LogP contribution is -2.38. The molecule has 4 nitrogen and oxygen atoms in total. The third-order valence-electron chi connectivity index (χ3n) is 3.80. The summed E-state index contributed by atoms with van der Waals surface area (Å²) in [5.74, 6) is 1.84. The molecular weight excluding hydrogens is 236 g/mol. The van der Waals surface area contributed by atoms with Crippen molar-refractivity contribution in [3.05, 3.63) is 11.9 Å². The third-order valence-corrected chi connectivity index (χ3v) is 3.80. The van der Waals surface area contributed by atoms with Gasteiger partial charge in [-0.05, 0) is 32.2 Å². The van der Waals surface area contributed by atoms with Gasteiger partial charge in [-0.15, -0.1) is 0 Å². The molecule has 1 saturated heterocycles. The van der Waals surface area contributed by atoms with E-state index < -0.39 is 0 Å². The highest BCUT2D eigenvalue weighted by Crippen LogP contribution is 2.25. The summed E-state index contributed by atoms with van der Waals surface area (Å²) in [7, 11) is 2.04. The van der Waals surface area contributed by atoms with Crippen LogP contribution in [-0.4, -0.2) is 35.7 Å². The van der Waals surface area contributed by atoms with Crippen LogP contribution in [-0.2, 0) is 13.0 Å². The van der Waals surface area contributed by atoms with E-state index in [1.54, 1.807) is 0 Å². The minimum Gasteiger partial charge on any atom is -0.338 e. The van der Waals surface area contributed by atoms with Crippen molar-refractivity contribution in [3.8, 4) is 0 Å². The van der Waals surface area contributed by atoms with E-state index in [0.29, 0.717) is 12.0 Å². The second-order valence-electron chi connectivity index (χ2n) is 5.98. The molecule has 19 heavy (non-hydrogen) atoms. The zero-order chi connectivity index (χ0) is 13.8. The van der Waals surface area contributed by atoms with Crippen molar-refractivity contribution in [3.63, 3.8) is 0 Å². The molecule has 1 unspecified atom stereocenters. The van der Waals surface area contributed by atoms with Crippen LogP contribution in [0.2, 0.25) is 0 Å². The fraction of sp³-hybridized carbons (Fsp3) is 0.800. The number of rotatable bonds is 6. The first kappa shape index (κ1) is 14.4. The maximum Gasteiger partial charge on any atom is 0.206 e. The van der Waals surface area contributed by atoms with Crippen LogP contribution >= 0.6 is 0 Å². The van der Waals surface area contributed by atoms with Gasteiger partial charge in [0.25, 0.3) is 0 Å². The van der Waals surface area contributed by atoms with Crippen LogP contribution in [0, 0.1) is 5.92 Å². The van der Waals surface area contributed by atoms with Gasteiger partial charge >= 0.3 is 0 Å². The first-order valence-electron chi connectivity index (χ1n) is 7.63. The van der Waals surface area contributed by atoms with Gasteiger partial charge in [0.1, 0.15) is 0 Å². The molecule has 1 aliphatic rings. The normalized spacial score (nSPS) is 19.6. The largest absolute Gasteiger partial charge is 0.338 e. The molecule has 0 saturated carbocycles. The summed E-state index contributed by atoms with van der Waals surface area (Å²) in [6.45, 7) is 9.97. The van der Waals surface area contributed by atoms with Gasteiger partial charge < -0.3 is 14.8 Å². The van der Waals surface area contributed by atoms with Crippen molar-refractivity contribution in [2.75, 3.05) is 25.0 Å². The fourth-order valence-electron chi connectivity index (χ4n) is 2.93. The van der Waals surface area contributed by atoms with Crippen molar-refractivity contribution in [1.82, 2.24) is 14.9 Å². The summed E-state index contributed by atoms with van der Waals surface area (Å²) in [6, 6.07) is 0.600. The standard InChI is InChI=1S/C15H28N4/c1-5-13-11-18(10-12(2)3)15(17-13)19-8-6-7-14(19)9-16-4/h11-12,14,16H,5-10H2,1-4H3. The van der Waals surface area contributed by atoms with Crippen molar-refractivity contribution in [1.29, 1.82) is 0 Å². The fourth-order valence-corrected chi connectivity index (χ4v) is 2.93. The van der Waals surface area contributed by atoms with Gasteiger partial charge in [0, 0.05) is 31.9 Å². The number of likely N-dealkylation sites (N-methyl/N-ethyl adjacent to an activating group) is 1. The second kappa shape index (κ2) is 6.42. The lowest BCUT2D eigenvalue weighted by atomic mass is 10.2. The average molecular weight is 264 g/mol. The molecule has 1 aromatic rings. The Morgan fingerprint density at radius 2 is 2.26 bits per heavy atom. The number of imidazole rings is 1. The lowest BCUT2D eigenvalue weighted by Gasteiger charge is -2.26.